The molecule has 0 spiro atoms. The molecule has 0 aliphatic heterocycles. The Balaban J connectivity index is 2.29. The lowest BCUT2D eigenvalue weighted by Crippen LogP contribution is -2.11. The van der Waals surface area contributed by atoms with Gasteiger partial charge in [-0.3, -0.25) is 4.68 Å². The minimum atomic E-state index is -0.304. The fourth-order valence-electron chi connectivity index (χ4n) is 1.83. The van der Waals surface area contributed by atoms with E-state index in [9.17, 15) is 0 Å². The zero-order valence-corrected chi connectivity index (χ0v) is 11.6. The predicted molar refractivity (Wildman–Crippen MR) is 75.0 cm³/mol. The topological polar surface area (TPSA) is 43.8 Å². The molecule has 0 saturated carbocycles. The fraction of sp³-hybridized carbons (Fsp3) is 0.308. The number of hydrogen-bond acceptors (Lipinski definition) is 2. The maximum Gasteiger partial charge on any atom is 0.0643 e. The van der Waals surface area contributed by atoms with Crippen molar-refractivity contribution in [3.8, 4) is 0 Å². The van der Waals surface area contributed by atoms with E-state index < -0.39 is 0 Å². The average molecular weight is 284 g/mol. The second-order valence-corrected chi connectivity index (χ2v) is 4.94. The highest BCUT2D eigenvalue weighted by molar-refractivity contribution is 6.42. The third-order valence-electron chi connectivity index (χ3n) is 2.78. The van der Waals surface area contributed by atoms with Crippen molar-refractivity contribution >= 4 is 23.2 Å². The van der Waals surface area contributed by atoms with E-state index in [1.807, 2.05) is 23.0 Å². The summed E-state index contributed by atoms with van der Waals surface area (Å²) in [5.41, 5.74) is 7.96. The number of aromatic nitrogens is 2. The van der Waals surface area contributed by atoms with Gasteiger partial charge in [-0.15, -0.1) is 0 Å². The largest absolute Gasteiger partial charge is 0.320 e. The molecule has 1 aromatic carbocycles. The van der Waals surface area contributed by atoms with Gasteiger partial charge in [0.15, 0.2) is 0 Å². The molecule has 0 aliphatic rings. The zero-order chi connectivity index (χ0) is 13.1. The van der Waals surface area contributed by atoms with Gasteiger partial charge in [-0.25, -0.2) is 0 Å². The van der Waals surface area contributed by atoms with Gasteiger partial charge >= 0.3 is 0 Å². The fourth-order valence-corrected chi connectivity index (χ4v) is 2.26. The van der Waals surface area contributed by atoms with Crippen molar-refractivity contribution in [1.29, 1.82) is 0 Å². The van der Waals surface area contributed by atoms with Crippen LogP contribution in [0.25, 0.3) is 0 Å². The van der Waals surface area contributed by atoms with E-state index in [1.54, 1.807) is 12.3 Å². The summed E-state index contributed by atoms with van der Waals surface area (Å²) in [4.78, 5) is 0. The highest BCUT2D eigenvalue weighted by atomic mass is 35.5. The first-order chi connectivity index (χ1) is 8.63. The van der Waals surface area contributed by atoms with Crippen molar-refractivity contribution in [3.05, 3.63) is 51.8 Å². The molecule has 2 N–H and O–H groups in total. The summed E-state index contributed by atoms with van der Waals surface area (Å²) in [5, 5.41) is 5.29. The molecule has 96 valence electrons. The Kier molecular flexibility index (Phi) is 4.27. The molecular formula is C13H15Cl2N3. The molecule has 1 atom stereocenters. The molecule has 18 heavy (non-hydrogen) atoms. The van der Waals surface area contributed by atoms with Crippen LogP contribution in [0.4, 0.5) is 0 Å². The third-order valence-corrected chi connectivity index (χ3v) is 3.62. The highest BCUT2D eigenvalue weighted by Gasteiger charge is 2.15. The summed E-state index contributed by atoms with van der Waals surface area (Å²) in [6.07, 6.45) is 4.76. The lowest BCUT2D eigenvalue weighted by Gasteiger charge is -2.12. The van der Waals surface area contributed by atoms with Crippen LogP contribution in [0.5, 0.6) is 0 Å². The Hall–Kier alpha value is -1.03. The maximum absolute atomic E-state index is 6.20. The smallest absolute Gasteiger partial charge is 0.0643 e. The number of nitrogens with two attached hydrogens (primary N) is 1. The summed E-state index contributed by atoms with van der Waals surface area (Å²) < 4.78 is 1.88. The van der Waals surface area contributed by atoms with Crippen LogP contribution in [0, 0.1) is 0 Å². The minimum absolute atomic E-state index is 0.304. The van der Waals surface area contributed by atoms with Crippen molar-refractivity contribution in [2.75, 3.05) is 0 Å². The molecule has 5 heteroatoms. The van der Waals surface area contributed by atoms with Gasteiger partial charge in [0.1, 0.15) is 0 Å². The molecular weight excluding hydrogens is 269 g/mol. The van der Waals surface area contributed by atoms with Crippen LogP contribution in [-0.2, 0) is 6.54 Å². The molecule has 3 nitrogen and oxygen atoms in total. The van der Waals surface area contributed by atoms with Crippen molar-refractivity contribution < 1.29 is 0 Å². The van der Waals surface area contributed by atoms with Crippen molar-refractivity contribution in [1.82, 2.24) is 9.78 Å². The van der Waals surface area contributed by atoms with E-state index in [1.165, 1.54) is 0 Å². The summed E-state index contributed by atoms with van der Waals surface area (Å²) in [6.45, 7) is 2.99. The Morgan fingerprint density at radius 1 is 1.39 bits per heavy atom. The van der Waals surface area contributed by atoms with Crippen LogP contribution in [-0.4, -0.2) is 9.78 Å². The summed E-state index contributed by atoms with van der Waals surface area (Å²) in [6, 6.07) is 5.18. The van der Waals surface area contributed by atoms with Crippen LogP contribution >= 0.6 is 23.2 Å². The van der Waals surface area contributed by atoms with Gasteiger partial charge in [0.05, 0.1) is 22.3 Å². The average Bonchev–Trinajstić information content (AvgIpc) is 2.81. The number of hydrogen-bond donors (Lipinski definition) is 1. The van der Waals surface area contributed by atoms with Crippen molar-refractivity contribution in [2.45, 2.75) is 25.9 Å². The first-order valence-corrected chi connectivity index (χ1v) is 6.61. The van der Waals surface area contributed by atoms with E-state index in [4.69, 9.17) is 28.9 Å². The Labute approximate surface area is 117 Å². The molecule has 0 saturated heterocycles. The number of rotatable bonds is 4. The van der Waals surface area contributed by atoms with Gasteiger partial charge in [0.2, 0.25) is 0 Å². The first kappa shape index (κ1) is 13.4. The van der Waals surface area contributed by atoms with Gasteiger partial charge in [-0.2, -0.15) is 5.10 Å². The first-order valence-electron chi connectivity index (χ1n) is 5.85. The van der Waals surface area contributed by atoms with Gasteiger partial charge < -0.3 is 5.73 Å². The second kappa shape index (κ2) is 5.74. The van der Waals surface area contributed by atoms with Crippen molar-refractivity contribution in [3.63, 3.8) is 0 Å². The third kappa shape index (κ3) is 2.69. The van der Waals surface area contributed by atoms with Crippen LogP contribution in [0.1, 0.15) is 30.5 Å². The van der Waals surface area contributed by atoms with Gasteiger partial charge in [-0.05, 0) is 18.1 Å². The van der Waals surface area contributed by atoms with Gasteiger partial charge in [-0.1, -0.05) is 42.3 Å². The second-order valence-electron chi connectivity index (χ2n) is 4.16. The molecule has 0 aliphatic carbocycles. The number of aryl methyl sites for hydroxylation is 1. The number of nitrogens with zero attached hydrogens (tertiary/aromatic N) is 2. The van der Waals surface area contributed by atoms with Crippen molar-refractivity contribution in [2.24, 2.45) is 5.73 Å². The highest BCUT2D eigenvalue weighted by Crippen LogP contribution is 2.31. The summed E-state index contributed by atoms with van der Waals surface area (Å²) in [5.74, 6) is 0. The SMILES string of the molecule is CCCn1cc(C(N)c2cccc(Cl)c2Cl)cn1. The Morgan fingerprint density at radius 3 is 2.89 bits per heavy atom. The van der Waals surface area contributed by atoms with Crippen LogP contribution in [0.3, 0.4) is 0 Å². The molecule has 1 aromatic heterocycles. The number of benzene rings is 1. The van der Waals surface area contributed by atoms with Crippen LogP contribution in [0.15, 0.2) is 30.6 Å². The lowest BCUT2D eigenvalue weighted by molar-refractivity contribution is 0.602. The lowest BCUT2D eigenvalue weighted by atomic mass is 10.0. The molecule has 0 bridgehead atoms. The van der Waals surface area contributed by atoms with E-state index in [0.717, 1.165) is 24.1 Å². The molecule has 0 amide bonds. The quantitative estimate of drug-likeness (QED) is 0.931. The number of halogens is 2. The summed E-state index contributed by atoms with van der Waals surface area (Å²) in [7, 11) is 0. The van der Waals surface area contributed by atoms with E-state index >= 15 is 0 Å². The standard InChI is InChI=1S/C13H15Cl2N3/c1-2-6-18-8-9(7-17-18)13(16)10-4-3-5-11(14)12(10)15/h3-5,7-8,13H,2,6,16H2,1H3. The normalized spacial score (nSPS) is 12.7. The summed E-state index contributed by atoms with van der Waals surface area (Å²) >= 11 is 12.2. The molecule has 2 rings (SSSR count). The van der Waals surface area contributed by atoms with Gasteiger partial charge in [0.25, 0.3) is 0 Å². The monoisotopic (exact) mass is 283 g/mol. The van der Waals surface area contributed by atoms with E-state index in [0.29, 0.717) is 10.0 Å². The van der Waals surface area contributed by atoms with E-state index in [-0.39, 0.29) is 6.04 Å². The van der Waals surface area contributed by atoms with Crippen LogP contribution < -0.4 is 5.73 Å². The van der Waals surface area contributed by atoms with E-state index in [2.05, 4.69) is 12.0 Å². The minimum Gasteiger partial charge on any atom is -0.320 e. The molecule has 0 fully saturated rings. The molecule has 1 heterocycles. The molecule has 1 unspecified atom stereocenters. The predicted octanol–water partition coefficient (Wildman–Crippen LogP) is 3.65. The molecule has 2 aromatic rings. The molecule has 0 radical (unpaired) electrons. The zero-order valence-electron chi connectivity index (χ0n) is 10.1. The van der Waals surface area contributed by atoms with Gasteiger partial charge in [0, 0.05) is 18.3 Å². The maximum atomic E-state index is 6.20. The Bertz CT molecular complexity index is 537. The van der Waals surface area contributed by atoms with Crippen LogP contribution in [0.2, 0.25) is 10.0 Å². The Morgan fingerprint density at radius 2 is 2.17 bits per heavy atom.